The number of carbonyl (C=O) groups is 1. The Morgan fingerprint density at radius 2 is 2.00 bits per heavy atom. The zero-order chi connectivity index (χ0) is 9.19. The molecule has 12 heavy (non-hydrogen) atoms. The van der Waals surface area contributed by atoms with E-state index in [-0.39, 0.29) is 5.57 Å². The summed E-state index contributed by atoms with van der Waals surface area (Å²) >= 11 is 0. The lowest BCUT2D eigenvalue weighted by Gasteiger charge is -2.22. The zero-order valence-corrected chi connectivity index (χ0v) is 7.16. The van der Waals surface area contributed by atoms with E-state index < -0.39 is 11.8 Å². The summed E-state index contributed by atoms with van der Waals surface area (Å²) in [5.41, 5.74) is 0.153. The van der Waals surface area contributed by atoms with Crippen LogP contribution in [0.15, 0.2) is 11.6 Å². The fourth-order valence-electron chi connectivity index (χ4n) is 1.25. The molecule has 0 aliphatic carbocycles. The van der Waals surface area contributed by atoms with E-state index in [1.165, 1.54) is 6.08 Å². The van der Waals surface area contributed by atoms with Crippen molar-refractivity contribution in [2.75, 3.05) is 13.2 Å². The second-order valence-corrected chi connectivity index (χ2v) is 2.65. The molecule has 0 atom stereocenters. The molecule has 1 N–H and O–H groups in total. The van der Waals surface area contributed by atoms with Crippen LogP contribution in [0.2, 0.25) is 0 Å². The third-order valence-corrected chi connectivity index (χ3v) is 1.85. The lowest BCUT2D eigenvalue weighted by molar-refractivity contribution is -0.147. The van der Waals surface area contributed by atoms with Crippen LogP contribution in [0.4, 0.5) is 0 Å². The second-order valence-electron chi connectivity index (χ2n) is 2.65. The summed E-state index contributed by atoms with van der Waals surface area (Å²) in [7, 11) is 0. The molecule has 0 unspecified atom stereocenters. The number of allylic oxidation sites excluding steroid dienone is 1. The molecule has 1 aliphatic rings. The van der Waals surface area contributed by atoms with Gasteiger partial charge in [0.05, 0.1) is 18.8 Å². The van der Waals surface area contributed by atoms with Gasteiger partial charge >= 0.3 is 5.97 Å². The fourth-order valence-corrected chi connectivity index (χ4v) is 1.25. The molecule has 0 aromatic carbocycles. The van der Waals surface area contributed by atoms with Crippen molar-refractivity contribution in [2.24, 2.45) is 0 Å². The molecule has 4 heteroatoms. The number of aliphatic carboxylic acids is 1. The smallest absolute Gasteiger partial charge is 0.336 e. The van der Waals surface area contributed by atoms with Gasteiger partial charge in [-0.2, -0.15) is 0 Å². The molecule has 1 rings (SSSR count). The van der Waals surface area contributed by atoms with Gasteiger partial charge in [-0.3, -0.25) is 0 Å². The van der Waals surface area contributed by atoms with Gasteiger partial charge in [-0.15, -0.1) is 0 Å². The van der Waals surface area contributed by atoms with Crippen LogP contribution < -0.4 is 0 Å². The highest BCUT2D eigenvalue weighted by Crippen LogP contribution is 2.27. The lowest BCUT2D eigenvalue weighted by atomic mass is 10.1. The molecule has 0 bridgehead atoms. The second kappa shape index (κ2) is 3.25. The van der Waals surface area contributed by atoms with Gasteiger partial charge in [0.1, 0.15) is 0 Å². The Morgan fingerprint density at radius 1 is 1.50 bits per heavy atom. The summed E-state index contributed by atoms with van der Waals surface area (Å²) in [6.45, 7) is 4.16. The summed E-state index contributed by atoms with van der Waals surface area (Å²) in [5, 5.41) is 8.77. The van der Waals surface area contributed by atoms with E-state index in [9.17, 15) is 4.79 Å². The van der Waals surface area contributed by atoms with E-state index in [0.717, 1.165) is 0 Å². The van der Waals surface area contributed by atoms with Crippen molar-refractivity contribution in [3.8, 4) is 0 Å². The van der Waals surface area contributed by atoms with E-state index in [4.69, 9.17) is 14.6 Å². The molecule has 1 saturated heterocycles. The Hall–Kier alpha value is -0.870. The molecule has 0 aromatic rings. The maximum Gasteiger partial charge on any atom is 0.336 e. The quantitative estimate of drug-likeness (QED) is 0.625. The van der Waals surface area contributed by atoms with Crippen molar-refractivity contribution < 1.29 is 19.4 Å². The monoisotopic (exact) mass is 172 g/mol. The molecule has 1 aliphatic heterocycles. The molecule has 0 saturated carbocycles. The third kappa shape index (κ3) is 1.49. The van der Waals surface area contributed by atoms with Crippen LogP contribution in [-0.2, 0) is 14.3 Å². The van der Waals surface area contributed by atoms with Gasteiger partial charge in [0.25, 0.3) is 0 Å². The highest BCUT2D eigenvalue weighted by Gasteiger charge is 2.38. The molecule has 4 nitrogen and oxygen atoms in total. The van der Waals surface area contributed by atoms with Gasteiger partial charge in [-0.1, -0.05) is 6.08 Å². The van der Waals surface area contributed by atoms with Crippen LogP contribution in [0.3, 0.4) is 0 Å². The number of carboxylic acids is 1. The SMILES string of the molecule is C/C=C(/C(=O)O)C1(C)OCCO1. The summed E-state index contributed by atoms with van der Waals surface area (Å²) in [6, 6.07) is 0. The number of ether oxygens (including phenoxy) is 2. The van der Waals surface area contributed by atoms with Gasteiger partial charge < -0.3 is 14.6 Å². The van der Waals surface area contributed by atoms with Crippen molar-refractivity contribution in [1.29, 1.82) is 0 Å². The third-order valence-electron chi connectivity index (χ3n) is 1.85. The molecule has 68 valence electrons. The fraction of sp³-hybridized carbons (Fsp3) is 0.625. The minimum atomic E-state index is -1.05. The van der Waals surface area contributed by atoms with E-state index in [0.29, 0.717) is 13.2 Å². The molecular formula is C8H12O4. The topological polar surface area (TPSA) is 55.8 Å². The molecule has 0 spiro atoms. The molecule has 0 aromatic heterocycles. The highest BCUT2D eigenvalue weighted by molar-refractivity contribution is 5.88. The Bertz CT molecular complexity index is 213. The van der Waals surface area contributed by atoms with Crippen molar-refractivity contribution in [3.05, 3.63) is 11.6 Å². The van der Waals surface area contributed by atoms with Gasteiger partial charge in [0.15, 0.2) is 5.79 Å². The van der Waals surface area contributed by atoms with Crippen LogP contribution in [-0.4, -0.2) is 30.1 Å². The molecule has 1 heterocycles. The molecule has 0 amide bonds. The molecular weight excluding hydrogens is 160 g/mol. The van der Waals surface area contributed by atoms with Crippen LogP contribution in [0.1, 0.15) is 13.8 Å². The summed E-state index contributed by atoms with van der Waals surface area (Å²) in [4.78, 5) is 10.7. The van der Waals surface area contributed by atoms with Crippen molar-refractivity contribution in [1.82, 2.24) is 0 Å². The zero-order valence-electron chi connectivity index (χ0n) is 7.16. The normalized spacial score (nSPS) is 22.7. The first-order valence-corrected chi connectivity index (χ1v) is 3.78. The van der Waals surface area contributed by atoms with E-state index in [1.54, 1.807) is 13.8 Å². The highest BCUT2D eigenvalue weighted by atomic mass is 16.7. The number of rotatable bonds is 2. The number of hydrogen-bond donors (Lipinski definition) is 1. The summed E-state index contributed by atoms with van der Waals surface area (Å²) in [5.74, 6) is -2.05. The average molecular weight is 172 g/mol. The Kier molecular flexibility index (Phi) is 2.49. The maximum absolute atomic E-state index is 10.7. The Morgan fingerprint density at radius 3 is 2.33 bits per heavy atom. The van der Waals surface area contributed by atoms with Crippen LogP contribution in [0.5, 0.6) is 0 Å². The van der Waals surface area contributed by atoms with Gasteiger partial charge in [-0.25, -0.2) is 4.79 Å². The number of carboxylic acid groups (broad SMARTS) is 1. The van der Waals surface area contributed by atoms with Crippen molar-refractivity contribution >= 4 is 5.97 Å². The first kappa shape index (κ1) is 9.22. The van der Waals surface area contributed by atoms with Gasteiger partial charge in [0, 0.05) is 0 Å². The number of hydrogen-bond acceptors (Lipinski definition) is 3. The van der Waals surface area contributed by atoms with Crippen molar-refractivity contribution in [3.63, 3.8) is 0 Å². The first-order chi connectivity index (χ1) is 5.60. The summed E-state index contributed by atoms with van der Waals surface area (Å²) in [6.07, 6.45) is 1.49. The molecule has 1 fully saturated rings. The van der Waals surface area contributed by atoms with Crippen LogP contribution in [0.25, 0.3) is 0 Å². The minimum Gasteiger partial charge on any atom is -0.478 e. The molecule has 0 radical (unpaired) electrons. The van der Waals surface area contributed by atoms with Crippen molar-refractivity contribution in [2.45, 2.75) is 19.6 Å². The first-order valence-electron chi connectivity index (χ1n) is 3.78. The average Bonchev–Trinajstić information content (AvgIpc) is 2.37. The minimum absolute atomic E-state index is 0.153. The van der Waals surface area contributed by atoms with Gasteiger partial charge in [-0.05, 0) is 13.8 Å². The largest absolute Gasteiger partial charge is 0.478 e. The standard InChI is InChI=1S/C8H12O4/c1-3-6(7(9)10)8(2)11-4-5-12-8/h3H,4-5H2,1-2H3,(H,9,10)/b6-3-. The predicted octanol–water partition coefficient (Wildman–Crippen LogP) is 0.780. The maximum atomic E-state index is 10.7. The lowest BCUT2D eigenvalue weighted by Crippen LogP contribution is -2.32. The van der Waals surface area contributed by atoms with Crippen LogP contribution in [0, 0.1) is 0 Å². The predicted molar refractivity (Wildman–Crippen MR) is 41.7 cm³/mol. The van der Waals surface area contributed by atoms with E-state index >= 15 is 0 Å². The Labute approximate surface area is 70.8 Å². The van der Waals surface area contributed by atoms with Crippen LogP contribution >= 0.6 is 0 Å². The summed E-state index contributed by atoms with van der Waals surface area (Å²) < 4.78 is 10.4. The Balaban J connectivity index is 2.85. The van der Waals surface area contributed by atoms with E-state index in [2.05, 4.69) is 0 Å². The van der Waals surface area contributed by atoms with E-state index in [1.807, 2.05) is 0 Å². The van der Waals surface area contributed by atoms with Gasteiger partial charge in [0.2, 0.25) is 0 Å².